The van der Waals surface area contributed by atoms with Gasteiger partial charge < -0.3 is 15.7 Å². The highest BCUT2D eigenvalue weighted by Crippen LogP contribution is 2.19. The molecule has 0 aromatic rings. The van der Waals surface area contributed by atoms with Gasteiger partial charge in [-0.25, -0.2) is 0 Å². The first-order valence-corrected chi connectivity index (χ1v) is 4.80. The fourth-order valence-electron chi connectivity index (χ4n) is 1.74. The van der Waals surface area contributed by atoms with Gasteiger partial charge in [-0.05, 0) is 25.7 Å². The van der Waals surface area contributed by atoms with Crippen molar-refractivity contribution in [1.82, 2.24) is 4.90 Å². The molecule has 0 aromatic carbocycles. The largest absolute Gasteiger partial charge is 0.396 e. The maximum Gasteiger partial charge on any atom is 0.239 e. The Balaban J connectivity index is 2.36. The van der Waals surface area contributed by atoms with E-state index in [1.165, 1.54) is 0 Å². The van der Waals surface area contributed by atoms with Crippen molar-refractivity contribution in [3.05, 3.63) is 0 Å². The lowest BCUT2D eigenvalue weighted by molar-refractivity contribution is -0.131. The lowest BCUT2D eigenvalue weighted by Gasteiger charge is -2.18. The van der Waals surface area contributed by atoms with Crippen LogP contribution in [0, 0.1) is 5.92 Å². The van der Waals surface area contributed by atoms with Crippen molar-refractivity contribution in [1.29, 1.82) is 0 Å². The van der Waals surface area contributed by atoms with E-state index in [4.69, 9.17) is 10.8 Å². The van der Waals surface area contributed by atoms with Crippen molar-refractivity contribution in [2.24, 2.45) is 11.7 Å². The molecule has 4 heteroatoms. The smallest absolute Gasteiger partial charge is 0.239 e. The molecule has 0 spiro atoms. The zero-order valence-corrected chi connectivity index (χ0v) is 8.07. The summed E-state index contributed by atoms with van der Waals surface area (Å²) < 4.78 is 0. The zero-order valence-electron chi connectivity index (χ0n) is 8.07. The third kappa shape index (κ3) is 2.67. The van der Waals surface area contributed by atoms with Crippen molar-refractivity contribution < 1.29 is 9.90 Å². The molecule has 1 fully saturated rings. The van der Waals surface area contributed by atoms with E-state index in [2.05, 4.69) is 0 Å². The van der Waals surface area contributed by atoms with Crippen LogP contribution in [0.4, 0.5) is 0 Å². The molecule has 0 aliphatic carbocycles. The quantitative estimate of drug-likeness (QED) is 0.628. The Morgan fingerprint density at radius 1 is 1.77 bits per heavy atom. The number of nitrogens with two attached hydrogens (primary N) is 1. The average Bonchev–Trinajstić information content (AvgIpc) is 2.52. The Kier molecular flexibility index (Phi) is 3.69. The number of aliphatic hydroxyl groups excluding tert-OH is 1. The van der Waals surface area contributed by atoms with E-state index >= 15 is 0 Å². The summed E-state index contributed by atoms with van der Waals surface area (Å²) in [5, 5.41) is 8.73. The SMILES string of the molecule is C[C@@H](N)C(=O)N1CCC(CCO)C1. The minimum atomic E-state index is -0.395. The fraction of sp³-hybridized carbons (Fsp3) is 0.889. The van der Waals surface area contributed by atoms with Crippen LogP contribution in [0.15, 0.2) is 0 Å². The topological polar surface area (TPSA) is 66.6 Å². The number of carbonyl (C=O) groups excluding carboxylic acids is 1. The van der Waals surface area contributed by atoms with Crippen LogP contribution in [-0.2, 0) is 4.79 Å². The molecule has 0 aromatic heterocycles. The molecule has 0 saturated carbocycles. The highest BCUT2D eigenvalue weighted by Gasteiger charge is 2.26. The van der Waals surface area contributed by atoms with Crippen molar-refractivity contribution in [2.45, 2.75) is 25.8 Å². The van der Waals surface area contributed by atoms with Gasteiger partial charge in [-0.1, -0.05) is 0 Å². The number of carbonyl (C=O) groups is 1. The molecule has 1 unspecified atom stereocenters. The summed E-state index contributed by atoms with van der Waals surface area (Å²) in [6.45, 7) is 3.48. The van der Waals surface area contributed by atoms with Crippen LogP contribution in [0.2, 0.25) is 0 Å². The maximum absolute atomic E-state index is 11.4. The van der Waals surface area contributed by atoms with E-state index in [9.17, 15) is 4.79 Å². The number of hydrogen-bond donors (Lipinski definition) is 2. The van der Waals surface area contributed by atoms with Gasteiger partial charge in [0.2, 0.25) is 5.91 Å². The molecular formula is C9H18N2O2. The van der Waals surface area contributed by atoms with E-state index < -0.39 is 6.04 Å². The van der Waals surface area contributed by atoms with Crippen molar-refractivity contribution >= 4 is 5.91 Å². The van der Waals surface area contributed by atoms with Crippen LogP contribution in [0.5, 0.6) is 0 Å². The first kappa shape index (κ1) is 10.5. The number of hydrogen-bond acceptors (Lipinski definition) is 3. The van der Waals surface area contributed by atoms with Crippen LogP contribution in [0.3, 0.4) is 0 Å². The summed E-state index contributed by atoms with van der Waals surface area (Å²) in [5.41, 5.74) is 5.49. The first-order valence-electron chi connectivity index (χ1n) is 4.80. The molecule has 1 rings (SSSR count). The molecule has 4 nitrogen and oxygen atoms in total. The van der Waals surface area contributed by atoms with Crippen molar-refractivity contribution in [3.63, 3.8) is 0 Å². The Bertz CT molecular complexity index is 182. The molecule has 76 valence electrons. The second-order valence-corrected chi connectivity index (χ2v) is 3.74. The number of nitrogens with zero attached hydrogens (tertiary/aromatic N) is 1. The van der Waals surface area contributed by atoms with Gasteiger partial charge in [0.15, 0.2) is 0 Å². The third-order valence-corrected chi connectivity index (χ3v) is 2.52. The van der Waals surface area contributed by atoms with Gasteiger partial charge in [-0.15, -0.1) is 0 Å². The lowest BCUT2D eigenvalue weighted by atomic mass is 10.1. The van der Waals surface area contributed by atoms with Crippen LogP contribution in [-0.4, -0.2) is 41.7 Å². The van der Waals surface area contributed by atoms with Crippen LogP contribution in [0.1, 0.15) is 19.8 Å². The van der Waals surface area contributed by atoms with Crippen LogP contribution < -0.4 is 5.73 Å². The molecular weight excluding hydrogens is 168 g/mol. The van der Waals surface area contributed by atoms with E-state index in [1.54, 1.807) is 11.8 Å². The summed E-state index contributed by atoms with van der Waals surface area (Å²) in [6, 6.07) is -0.395. The van der Waals surface area contributed by atoms with Gasteiger partial charge in [-0.3, -0.25) is 4.79 Å². The Morgan fingerprint density at radius 2 is 2.46 bits per heavy atom. The Hall–Kier alpha value is -0.610. The summed E-state index contributed by atoms with van der Waals surface area (Å²) in [4.78, 5) is 13.2. The van der Waals surface area contributed by atoms with Gasteiger partial charge in [0, 0.05) is 19.7 Å². The molecule has 1 heterocycles. The van der Waals surface area contributed by atoms with E-state index in [1.807, 2.05) is 0 Å². The Labute approximate surface area is 78.7 Å². The monoisotopic (exact) mass is 186 g/mol. The highest BCUT2D eigenvalue weighted by atomic mass is 16.3. The van der Waals surface area contributed by atoms with Gasteiger partial charge >= 0.3 is 0 Å². The number of aliphatic hydroxyl groups is 1. The normalized spacial score (nSPS) is 24.8. The minimum absolute atomic E-state index is 0.0282. The molecule has 1 amide bonds. The second kappa shape index (κ2) is 4.58. The number of likely N-dealkylation sites (tertiary alicyclic amines) is 1. The summed E-state index contributed by atoms with van der Waals surface area (Å²) in [5.74, 6) is 0.494. The Morgan fingerprint density at radius 3 is 3.00 bits per heavy atom. The van der Waals surface area contributed by atoms with Gasteiger partial charge in [0.25, 0.3) is 0 Å². The van der Waals surface area contributed by atoms with Gasteiger partial charge in [0.05, 0.1) is 6.04 Å². The summed E-state index contributed by atoms with van der Waals surface area (Å²) >= 11 is 0. The molecule has 0 radical (unpaired) electrons. The van der Waals surface area contributed by atoms with Crippen molar-refractivity contribution in [3.8, 4) is 0 Å². The van der Waals surface area contributed by atoms with Crippen LogP contribution >= 0.6 is 0 Å². The van der Waals surface area contributed by atoms with E-state index in [0.717, 1.165) is 25.9 Å². The summed E-state index contributed by atoms with van der Waals surface area (Å²) in [6.07, 6.45) is 1.79. The van der Waals surface area contributed by atoms with E-state index in [0.29, 0.717) is 5.92 Å². The molecule has 1 aliphatic rings. The third-order valence-electron chi connectivity index (χ3n) is 2.52. The zero-order chi connectivity index (χ0) is 9.84. The number of amides is 1. The standard InChI is InChI=1S/C9H18N2O2/c1-7(10)9(13)11-4-2-8(6-11)3-5-12/h7-8,12H,2-6,10H2,1H3/t7-,8?/m1/s1. The van der Waals surface area contributed by atoms with Crippen LogP contribution in [0.25, 0.3) is 0 Å². The summed E-state index contributed by atoms with van der Waals surface area (Å²) in [7, 11) is 0. The van der Waals surface area contributed by atoms with E-state index in [-0.39, 0.29) is 12.5 Å². The highest BCUT2D eigenvalue weighted by molar-refractivity contribution is 5.81. The number of rotatable bonds is 3. The molecule has 0 bridgehead atoms. The molecule has 3 N–H and O–H groups in total. The van der Waals surface area contributed by atoms with Crippen molar-refractivity contribution in [2.75, 3.05) is 19.7 Å². The molecule has 1 saturated heterocycles. The van der Waals surface area contributed by atoms with Gasteiger partial charge in [-0.2, -0.15) is 0 Å². The average molecular weight is 186 g/mol. The van der Waals surface area contributed by atoms with Gasteiger partial charge in [0.1, 0.15) is 0 Å². The maximum atomic E-state index is 11.4. The predicted octanol–water partition coefficient (Wildman–Crippen LogP) is -0.435. The molecule has 2 atom stereocenters. The fourth-order valence-corrected chi connectivity index (χ4v) is 1.74. The second-order valence-electron chi connectivity index (χ2n) is 3.74. The predicted molar refractivity (Wildman–Crippen MR) is 50.0 cm³/mol. The molecule has 13 heavy (non-hydrogen) atoms. The lowest BCUT2D eigenvalue weighted by Crippen LogP contribution is -2.40. The molecule has 1 aliphatic heterocycles. The first-order chi connectivity index (χ1) is 6.15. The minimum Gasteiger partial charge on any atom is -0.396 e.